The smallest absolute Gasteiger partial charge is 0.338 e. The van der Waals surface area contributed by atoms with Gasteiger partial charge in [0.15, 0.2) is 6.61 Å². The molecule has 0 atom stereocenters. The zero-order chi connectivity index (χ0) is 22.1. The Balaban J connectivity index is 1.80. The number of carbonyl (C=O) groups excluding carboxylic acids is 3. The Hall–Kier alpha value is -3.42. The molecular weight excluding hydrogens is 389 g/mol. The van der Waals surface area contributed by atoms with E-state index in [4.69, 9.17) is 4.74 Å². The van der Waals surface area contributed by atoms with Crippen LogP contribution in [-0.4, -0.2) is 42.5 Å². The molecule has 2 aromatic carbocycles. The highest BCUT2D eigenvalue weighted by Gasteiger charge is 2.15. The van der Waals surface area contributed by atoms with E-state index in [2.05, 4.69) is 10.6 Å². The molecule has 0 saturated heterocycles. The molecule has 0 unspecified atom stereocenters. The summed E-state index contributed by atoms with van der Waals surface area (Å²) in [5, 5.41) is 5.43. The van der Waals surface area contributed by atoms with Crippen LogP contribution in [0.15, 0.2) is 48.5 Å². The second-order valence-electron chi connectivity index (χ2n) is 7.10. The molecule has 7 nitrogen and oxygen atoms in total. The van der Waals surface area contributed by atoms with Gasteiger partial charge in [-0.3, -0.25) is 4.79 Å². The van der Waals surface area contributed by atoms with Crippen LogP contribution in [0.4, 0.5) is 9.18 Å². The maximum atomic E-state index is 13.7. The van der Waals surface area contributed by atoms with E-state index in [1.165, 1.54) is 18.0 Å². The number of hydrogen-bond acceptors (Lipinski definition) is 4. The van der Waals surface area contributed by atoms with Gasteiger partial charge in [-0.1, -0.05) is 30.3 Å². The molecule has 0 fully saturated rings. The second kappa shape index (κ2) is 10.9. The van der Waals surface area contributed by atoms with Gasteiger partial charge in [-0.25, -0.2) is 14.0 Å². The Morgan fingerprint density at radius 1 is 1.07 bits per heavy atom. The van der Waals surface area contributed by atoms with Crippen LogP contribution >= 0.6 is 0 Å². The molecule has 0 saturated carbocycles. The molecule has 8 heteroatoms. The quantitative estimate of drug-likeness (QED) is 0.649. The number of benzene rings is 2. The normalized spacial score (nSPS) is 10.4. The molecule has 0 spiro atoms. The highest BCUT2D eigenvalue weighted by atomic mass is 19.1. The van der Waals surface area contributed by atoms with Crippen LogP contribution in [0.2, 0.25) is 0 Å². The lowest BCUT2D eigenvalue weighted by atomic mass is 10.1. The molecule has 30 heavy (non-hydrogen) atoms. The highest BCUT2D eigenvalue weighted by Crippen LogP contribution is 2.10. The molecule has 3 amide bonds. The van der Waals surface area contributed by atoms with Crippen molar-refractivity contribution in [2.45, 2.75) is 33.0 Å². The van der Waals surface area contributed by atoms with Gasteiger partial charge in [-0.15, -0.1) is 0 Å². The van der Waals surface area contributed by atoms with E-state index in [1.54, 1.807) is 42.5 Å². The fourth-order valence-corrected chi connectivity index (χ4v) is 2.55. The average Bonchev–Trinajstić information content (AvgIpc) is 2.71. The lowest BCUT2D eigenvalue weighted by molar-refractivity contribution is -0.133. The number of ether oxygens (including phenoxy) is 1. The van der Waals surface area contributed by atoms with Crippen molar-refractivity contribution in [3.05, 3.63) is 71.0 Å². The van der Waals surface area contributed by atoms with Gasteiger partial charge < -0.3 is 20.3 Å². The van der Waals surface area contributed by atoms with Gasteiger partial charge in [0, 0.05) is 31.7 Å². The molecule has 160 valence electrons. The van der Waals surface area contributed by atoms with Crippen LogP contribution in [0, 0.1) is 5.82 Å². The minimum atomic E-state index is -0.639. The molecule has 0 radical (unpaired) electrons. The van der Waals surface area contributed by atoms with Crippen molar-refractivity contribution < 1.29 is 23.5 Å². The molecule has 0 aliphatic carbocycles. The molecule has 2 aromatic rings. The van der Waals surface area contributed by atoms with E-state index in [-0.39, 0.29) is 24.2 Å². The van der Waals surface area contributed by atoms with Gasteiger partial charge in [0.1, 0.15) is 5.82 Å². The summed E-state index contributed by atoms with van der Waals surface area (Å²) in [7, 11) is 1.51. The van der Waals surface area contributed by atoms with E-state index < -0.39 is 24.3 Å². The molecule has 0 bridgehead atoms. The van der Waals surface area contributed by atoms with Crippen molar-refractivity contribution in [2.75, 3.05) is 13.7 Å². The fourth-order valence-electron chi connectivity index (χ4n) is 2.55. The van der Waals surface area contributed by atoms with E-state index in [0.29, 0.717) is 12.1 Å². The van der Waals surface area contributed by atoms with Crippen molar-refractivity contribution in [1.82, 2.24) is 15.5 Å². The van der Waals surface area contributed by atoms with E-state index >= 15 is 0 Å². The van der Waals surface area contributed by atoms with Crippen LogP contribution in [0.25, 0.3) is 0 Å². The van der Waals surface area contributed by atoms with Crippen LogP contribution in [0.1, 0.15) is 35.3 Å². The molecule has 0 aliphatic heterocycles. The minimum Gasteiger partial charge on any atom is -0.452 e. The number of halogens is 1. The fraction of sp³-hybridized carbons (Fsp3) is 0.318. The van der Waals surface area contributed by atoms with E-state index in [1.807, 2.05) is 13.8 Å². The number of carbonyl (C=O) groups is 3. The minimum absolute atomic E-state index is 0.0376. The first kappa shape index (κ1) is 22.9. The van der Waals surface area contributed by atoms with Gasteiger partial charge >= 0.3 is 12.0 Å². The Morgan fingerprint density at radius 2 is 1.73 bits per heavy atom. The largest absolute Gasteiger partial charge is 0.452 e. The van der Waals surface area contributed by atoms with Gasteiger partial charge in [0.2, 0.25) is 0 Å². The lowest BCUT2D eigenvalue weighted by Gasteiger charge is -2.17. The Bertz CT molecular complexity index is 884. The summed E-state index contributed by atoms with van der Waals surface area (Å²) >= 11 is 0. The SMILES string of the molecule is CC(C)NC(=O)NCc1ccc(C(=O)OCC(=O)N(C)Cc2ccccc2F)cc1. The van der Waals surface area contributed by atoms with Gasteiger partial charge in [0.25, 0.3) is 5.91 Å². The first-order chi connectivity index (χ1) is 14.3. The van der Waals surface area contributed by atoms with Crippen LogP contribution < -0.4 is 10.6 Å². The Kier molecular flexibility index (Phi) is 8.34. The van der Waals surface area contributed by atoms with Crippen molar-refractivity contribution in [1.29, 1.82) is 0 Å². The summed E-state index contributed by atoms with van der Waals surface area (Å²) in [5.74, 6) is -1.48. The predicted molar refractivity (Wildman–Crippen MR) is 110 cm³/mol. The van der Waals surface area contributed by atoms with Gasteiger partial charge in [0.05, 0.1) is 5.56 Å². The summed E-state index contributed by atoms with van der Waals surface area (Å²) in [4.78, 5) is 37.2. The number of esters is 1. The highest BCUT2D eigenvalue weighted by molar-refractivity contribution is 5.91. The van der Waals surface area contributed by atoms with Crippen LogP contribution in [0.5, 0.6) is 0 Å². The third-order valence-electron chi connectivity index (χ3n) is 4.18. The number of rotatable bonds is 8. The first-order valence-corrected chi connectivity index (χ1v) is 9.54. The van der Waals surface area contributed by atoms with E-state index in [9.17, 15) is 18.8 Å². The second-order valence-corrected chi connectivity index (χ2v) is 7.10. The van der Waals surface area contributed by atoms with Crippen molar-refractivity contribution >= 4 is 17.9 Å². The molecule has 0 heterocycles. The molecule has 2 rings (SSSR count). The molecule has 0 aliphatic rings. The maximum Gasteiger partial charge on any atom is 0.338 e. The summed E-state index contributed by atoms with van der Waals surface area (Å²) in [6, 6.07) is 12.5. The number of hydrogen-bond donors (Lipinski definition) is 2. The molecule has 0 aromatic heterocycles. The number of likely N-dealkylation sites (N-methyl/N-ethyl adjacent to an activating group) is 1. The van der Waals surface area contributed by atoms with E-state index in [0.717, 1.165) is 5.56 Å². The summed E-state index contributed by atoms with van der Waals surface area (Å²) in [6.07, 6.45) is 0. The monoisotopic (exact) mass is 415 g/mol. The molecular formula is C22H26FN3O4. The average molecular weight is 415 g/mol. The predicted octanol–water partition coefficient (Wildman–Crippen LogP) is 2.85. The summed E-state index contributed by atoms with van der Waals surface area (Å²) < 4.78 is 18.7. The third kappa shape index (κ3) is 7.20. The number of urea groups is 1. The van der Waals surface area contributed by atoms with Crippen molar-refractivity contribution in [3.63, 3.8) is 0 Å². The summed E-state index contributed by atoms with van der Waals surface area (Å²) in [5.41, 5.74) is 1.48. The Morgan fingerprint density at radius 3 is 2.37 bits per heavy atom. The first-order valence-electron chi connectivity index (χ1n) is 9.54. The number of nitrogens with zero attached hydrogens (tertiary/aromatic N) is 1. The van der Waals surface area contributed by atoms with Gasteiger partial charge in [-0.05, 0) is 37.6 Å². The van der Waals surface area contributed by atoms with Crippen molar-refractivity contribution in [2.24, 2.45) is 0 Å². The lowest BCUT2D eigenvalue weighted by Crippen LogP contribution is -2.39. The number of amides is 3. The number of nitrogens with one attached hydrogen (secondary N) is 2. The zero-order valence-corrected chi connectivity index (χ0v) is 17.3. The zero-order valence-electron chi connectivity index (χ0n) is 17.3. The molecule has 2 N–H and O–H groups in total. The Labute approximate surface area is 175 Å². The standard InChI is InChI=1S/C22H26FN3O4/c1-15(2)25-22(29)24-12-16-8-10-17(11-9-16)21(28)30-14-20(27)26(3)13-18-6-4-5-7-19(18)23/h4-11,15H,12-14H2,1-3H3,(H2,24,25,29). The summed E-state index contributed by atoms with van der Waals surface area (Å²) in [6.45, 7) is 3.68. The van der Waals surface area contributed by atoms with Crippen LogP contribution in [-0.2, 0) is 22.6 Å². The van der Waals surface area contributed by atoms with Crippen LogP contribution in [0.3, 0.4) is 0 Å². The third-order valence-corrected chi connectivity index (χ3v) is 4.18. The maximum absolute atomic E-state index is 13.7. The van der Waals surface area contributed by atoms with Gasteiger partial charge in [-0.2, -0.15) is 0 Å². The topological polar surface area (TPSA) is 87.7 Å². The van der Waals surface area contributed by atoms with Crippen molar-refractivity contribution in [3.8, 4) is 0 Å².